The zero-order chi connectivity index (χ0) is 11.7. The molecular weight excluding hydrogens is 204 g/mol. The van der Waals surface area contributed by atoms with E-state index in [2.05, 4.69) is 0 Å². The van der Waals surface area contributed by atoms with Crippen molar-refractivity contribution in [1.29, 1.82) is 0 Å². The molecule has 1 aliphatic heterocycles. The highest BCUT2D eigenvalue weighted by molar-refractivity contribution is 6.18. The van der Waals surface area contributed by atoms with Crippen LogP contribution < -0.4 is 10.6 Å². The Kier molecular flexibility index (Phi) is 2.75. The van der Waals surface area contributed by atoms with Crippen molar-refractivity contribution in [3.05, 3.63) is 29.8 Å². The fraction of sp³-hybridized carbons (Fsp3) is 0.333. The minimum Gasteiger partial charge on any atom is -0.320 e. The van der Waals surface area contributed by atoms with E-state index < -0.39 is 6.04 Å². The summed E-state index contributed by atoms with van der Waals surface area (Å²) in [6.07, 6.45) is 0.779. The molecule has 2 rings (SSSR count). The van der Waals surface area contributed by atoms with Gasteiger partial charge in [0, 0.05) is 6.42 Å². The number of benzene rings is 1. The van der Waals surface area contributed by atoms with Crippen molar-refractivity contribution in [3.63, 3.8) is 0 Å². The second kappa shape index (κ2) is 4.06. The Morgan fingerprint density at radius 2 is 2.12 bits per heavy atom. The average Bonchev–Trinajstić information content (AvgIpc) is 2.24. The summed E-state index contributed by atoms with van der Waals surface area (Å²) in [5.41, 5.74) is 7.29. The molecule has 4 heteroatoms. The maximum absolute atomic E-state index is 11.8. The highest BCUT2D eigenvalue weighted by Crippen LogP contribution is 2.22. The molecule has 0 aromatic heterocycles. The van der Waals surface area contributed by atoms with Gasteiger partial charge in [0.2, 0.25) is 5.91 Å². The Morgan fingerprint density at radius 3 is 2.81 bits per heavy atom. The lowest BCUT2D eigenvalue weighted by Crippen LogP contribution is -2.51. The van der Waals surface area contributed by atoms with E-state index in [1.165, 1.54) is 4.90 Å². The first-order valence-electron chi connectivity index (χ1n) is 5.28. The van der Waals surface area contributed by atoms with Gasteiger partial charge in [-0.3, -0.25) is 9.59 Å². The third-order valence-electron chi connectivity index (χ3n) is 2.72. The first kappa shape index (κ1) is 10.8. The minimum atomic E-state index is -0.557. The molecular formula is C12H14N2O2. The second-order valence-corrected chi connectivity index (χ2v) is 4.05. The lowest BCUT2D eigenvalue weighted by Gasteiger charge is -2.28. The first-order valence-corrected chi connectivity index (χ1v) is 5.28. The fourth-order valence-corrected chi connectivity index (χ4v) is 1.84. The molecule has 4 nitrogen and oxygen atoms in total. The van der Waals surface area contributed by atoms with E-state index in [0.29, 0.717) is 18.5 Å². The molecule has 2 amide bonds. The average molecular weight is 218 g/mol. The molecule has 16 heavy (non-hydrogen) atoms. The van der Waals surface area contributed by atoms with Crippen LogP contribution in [0.25, 0.3) is 0 Å². The summed E-state index contributed by atoms with van der Waals surface area (Å²) >= 11 is 0. The van der Waals surface area contributed by atoms with Gasteiger partial charge >= 0.3 is 0 Å². The molecule has 1 unspecified atom stereocenters. The third-order valence-corrected chi connectivity index (χ3v) is 2.72. The first-order chi connectivity index (χ1) is 7.59. The Balaban J connectivity index is 2.37. The molecule has 0 saturated carbocycles. The molecule has 2 N–H and O–H groups in total. The van der Waals surface area contributed by atoms with Gasteiger partial charge in [0.1, 0.15) is 0 Å². The SMILES string of the molecule is Cc1cccc(N2C(=O)CCC(N)C2=O)c1. The number of carbonyl (C=O) groups is 2. The molecule has 1 saturated heterocycles. The smallest absolute Gasteiger partial charge is 0.250 e. The Labute approximate surface area is 94.0 Å². The number of carbonyl (C=O) groups excluding carboxylic acids is 2. The molecule has 1 aliphatic rings. The number of hydrogen-bond acceptors (Lipinski definition) is 3. The molecule has 1 heterocycles. The summed E-state index contributed by atoms with van der Waals surface area (Å²) in [7, 11) is 0. The number of imide groups is 1. The van der Waals surface area contributed by atoms with Crippen LogP contribution in [0.2, 0.25) is 0 Å². The van der Waals surface area contributed by atoms with E-state index in [4.69, 9.17) is 5.73 Å². The standard InChI is InChI=1S/C12H14N2O2/c1-8-3-2-4-9(7-8)14-11(15)6-5-10(13)12(14)16/h2-4,7,10H,5-6,13H2,1H3. The van der Waals surface area contributed by atoms with Crippen molar-refractivity contribution in [1.82, 2.24) is 0 Å². The highest BCUT2D eigenvalue weighted by atomic mass is 16.2. The van der Waals surface area contributed by atoms with Gasteiger partial charge in [0.25, 0.3) is 5.91 Å². The number of nitrogens with zero attached hydrogens (tertiary/aromatic N) is 1. The van der Waals surface area contributed by atoms with Crippen molar-refractivity contribution < 1.29 is 9.59 Å². The lowest BCUT2D eigenvalue weighted by atomic mass is 10.0. The number of nitrogens with two attached hydrogens (primary N) is 1. The Hall–Kier alpha value is -1.68. The van der Waals surface area contributed by atoms with Gasteiger partial charge in [-0.1, -0.05) is 12.1 Å². The predicted molar refractivity (Wildman–Crippen MR) is 60.9 cm³/mol. The number of amides is 2. The molecule has 84 valence electrons. The van der Waals surface area contributed by atoms with Gasteiger partial charge in [-0.25, -0.2) is 4.90 Å². The maximum atomic E-state index is 11.8. The molecule has 1 atom stereocenters. The van der Waals surface area contributed by atoms with E-state index >= 15 is 0 Å². The van der Waals surface area contributed by atoms with Crippen molar-refractivity contribution in [3.8, 4) is 0 Å². The van der Waals surface area contributed by atoms with Crippen molar-refractivity contribution in [2.24, 2.45) is 5.73 Å². The summed E-state index contributed by atoms with van der Waals surface area (Å²) in [6.45, 7) is 1.92. The molecule has 0 radical (unpaired) electrons. The number of rotatable bonds is 1. The molecule has 0 spiro atoms. The monoisotopic (exact) mass is 218 g/mol. The predicted octanol–water partition coefficient (Wildman–Crippen LogP) is 0.976. The zero-order valence-corrected chi connectivity index (χ0v) is 9.14. The second-order valence-electron chi connectivity index (χ2n) is 4.05. The van der Waals surface area contributed by atoms with E-state index in [1.54, 1.807) is 6.07 Å². The van der Waals surface area contributed by atoms with Crippen LogP contribution in [-0.2, 0) is 9.59 Å². The van der Waals surface area contributed by atoms with Crippen LogP contribution in [0.5, 0.6) is 0 Å². The Bertz CT molecular complexity index is 442. The molecule has 1 aromatic carbocycles. The number of hydrogen-bond donors (Lipinski definition) is 1. The molecule has 0 aliphatic carbocycles. The zero-order valence-electron chi connectivity index (χ0n) is 9.14. The number of anilines is 1. The van der Waals surface area contributed by atoms with Crippen LogP contribution >= 0.6 is 0 Å². The quantitative estimate of drug-likeness (QED) is 0.714. The van der Waals surface area contributed by atoms with Gasteiger partial charge in [-0.15, -0.1) is 0 Å². The Morgan fingerprint density at radius 1 is 1.38 bits per heavy atom. The summed E-state index contributed by atoms with van der Waals surface area (Å²) in [6, 6.07) is 6.75. The maximum Gasteiger partial charge on any atom is 0.250 e. The topological polar surface area (TPSA) is 63.4 Å². The lowest BCUT2D eigenvalue weighted by molar-refractivity contribution is -0.130. The van der Waals surface area contributed by atoms with Gasteiger partial charge in [-0.2, -0.15) is 0 Å². The van der Waals surface area contributed by atoms with Gasteiger partial charge < -0.3 is 5.73 Å². The minimum absolute atomic E-state index is 0.169. The van der Waals surface area contributed by atoms with Crippen LogP contribution in [0.1, 0.15) is 18.4 Å². The van der Waals surface area contributed by atoms with Gasteiger partial charge in [0.15, 0.2) is 0 Å². The van der Waals surface area contributed by atoms with E-state index in [0.717, 1.165) is 5.56 Å². The van der Waals surface area contributed by atoms with Crippen molar-refractivity contribution >= 4 is 17.5 Å². The van der Waals surface area contributed by atoms with Crippen molar-refractivity contribution in [2.75, 3.05) is 4.90 Å². The van der Waals surface area contributed by atoms with E-state index in [1.807, 2.05) is 25.1 Å². The number of piperidine rings is 1. The van der Waals surface area contributed by atoms with Crippen LogP contribution in [0.4, 0.5) is 5.69 Å². The van der Waals surface area contributed by atoms with Gasteiger partial charge in [0.05, 0.1) is 11.7 Å². The molecule has 1 aromatic rings. The highest BCUT2D eigenvalue weighted by Gasteiger charge is 2.32. The van der Waals surface area contributed by atoms with Crippen LogP contribution in [0.3, 0.4) is 0 Å². The molecule has 0 bridgehead atoms. The summed E-state index contributed by atoms with van der Waals surface area (Å²) in [5, 5.41) is 0. The summed E-state index contributed by atoms with van der Waals surface area (Å²) < 4.78 is 0. The fourth-order valence-electron chi connectivity index (χ4n) is 1.84. The van der Waals surface area contributed by atoms with Crippen LogP contribution in [-0.4, -0.2) is 17.9 Å². The van der Waals surface area contributed by atoms with E-state index in [-0.39, 0.29) is 11.8 Å². The van der Waals surface area contributed by atoms with Gasteiger partial charge in [-0.05, 0) is 31.0 Å². The summed E-state index contributed by atoms with van der Waals surface area (Å²) in [4.78, 5) is 24.7. The van der Waals surface area contributed by atoms with Crippen molar-refractivity contribution in [2.45, 2.75) is 25.8 Å². The third kappa shape index (κ3) is 1.84. The van der Waals surface area contributed by atoms with E-state index in [9.17, 15) is 9.59 Å². The summed E-state index contributed by atoms with van der Waals surface area (Å²) in [5.74, 6) is -0.473. The molecule has 1 fully saturated rings. The number of aryl methyl sites for hydroxylation is 1. The largest absolute Gasteiger partial charge is 0.320 e. The normalized spacial score (nSPS) is 21.4. The van der Waals surface area contributed by atoms with Crippen LogP contribution in [0.15, 0.2) is 24.3 Å². The van der Waals surface area contributed by atoms with Crippen LogP contribution in [0, 0.1) is 6.92 Å².